The van der Waals surface area contributed by atoms with Crippen LogP contribution in [0.15, 0.2) is 24.3 Å². The van der Waals surface area contributed by atoms with Gasteiger partial charge in [-0.15, -0.1) is 0 Å². The van der Waals surface area contributed by atoms with E-state index in [0.29, 0.717) is 5.56 Å². The van der Waals surface area contributed by atoms with Crippen LogP contribution in [-0.4, -0.2) is 10.9 Å². The number of aliphatic hydroxyl groups excluding tert-OH is 1. The van der Waals surface area contributed by atoms with Gasteiger partial charge >= 0.3 is 0 Å². The van der Waals surface area contributed by atoms with Crippen LogP contribution in [0, 0.1) is 5.82 Å². The van der Waals surface area contributed by atoms with Gasteiger partial charge in [0.15, 0.2) is 5.78 Å². The molecule has 0 fully saturated rings. The first-order chi connectivity index (χ1) is 5.61. The highest BCUT2D eigenvalue weighted by atomic mass is 19.1. The monoisotopic (exact) mass is 168 g/mol. The minimum Gasteiger partial charge on any atom is -0.381 e. The number of hydrogen-bond acceptors (Lipinski definition) is 2. The van der Waals surface area contributed by atoms with Crippen molar-refractivity contribution in [3.05, 3.63) is 35.6 Å². The SMILES string of the molecule is CC(=O)[C@@H](O)c1ccc(F)cc1. The molecule has 0 aliphatic rings. The highest BCUT2D eigenvalue weighted by Gasteiger charge is 2.11. The zero-order valence-corrected chi connectivity index (χ0v) is 6.62. The zero-order valence-electron chi connectivity index (χ0n) is 6.62. The van der Waals surface area contributed by atoms with Crippen molar-refractivity contribution in [1.29, 1.82) is 0 Å². The Morgan fingerprint density at radius 3 is 2.33 bits per heavy atom. The lowest BCUT2D eigenvalue weighted by atomic mass is 10.1. The highest BCUT2D eigenvalue weighted by Crippen LogP contribution is 2.13. The Bertz CT molecular complexity index is 279. The summed E-state index contributed by atoms with van der Waals surface area (Å²) in [7, 11) is 0. The topological polar surface area (TPSA) is 37.3 Å². The molecule has 12 heavy (non-hydrogen) atoms. The molecule has 0 heterocycles. The van der Waals surface area contributed by atoms with Gasteiger partial charge in [-0.3, -0.25) is 4.79 Å². The van der Waals surface area contributed by atoms with E-state index in [-0.39, 0.29) is 11.6 Å². The molecule has 0 aliphatic heterocycles. The van der Waals surface area contributed by atoms with E-state index in [2.05, 4.69) is 0 Å². The van der Waals surface area contributed by atoms with Crippen LogP contribution in [0.3, 0.4) is 0 Å². The molecular weight excluding hydrogens is 159 g/mol. The number of carbonyl (C=O) groups excluding carboxylic acids is 1. The molecule has 1 aromatic carbocycles. The smallest absolute Gasteiger partial charge is 0.162 e. The molecule has 0 unspecified atom stereocenters. The summed E-state index contributed by atoms with van der Waals surface area (Å²) in [5, 5.41) is 9.22. The standard InChI is InChI=1S/C9H9FO2/c1-6(11)9(12)7-2-4-8(10)5-3-7/h2-5,9,12H,1H3/t9-/m1/s1. The Morgan fingerprint density at radius 2 is 1.92 bits per heavy atom. The molecule has 0 saturated carbocycles. The molecule has 1 N–H and O–H groups in total. The second kappa shape index (κ2) is 3.45. The van der Waals surface area contributed by atoms with Gasteiger partial charge in [0.2, 0.25) is 0 Å². The molecular formula is C9H9FO2. The third kappa shape index (κ3) is 1.89. The van der Waals surface area contributed by atoms with E-state index in [1.807, 2.05) is 0 Å². The van der Waals surface area contributed by atoms with Gasteiger partial charge in [0.1, 0.15) is 11.9 Å². The predicted octanol–water partition coefficient (Wildman–Crippen LogP) is 1.45. The van der Waals surface area contributed by atoms with E-state index < -0.39 is 6.10 Å². The van der Waals surface area contributed by atoms with Crippen LogP contribution in [0.2, 0.25) is 0 Å². The number of Topliss-reactive ketones (excluding diaryl/α,β-unsaturated/α-hetero) is 1. The Balaban J connectivity index is 2.89. The Morgan fingerprint density at radius 1 is 1.42 bits per heavy atom. The molecule has 1 aromatic rings. The molecule has 1 atom stereocenters. The highest BCUT2D eigenvalue weighted by molar-refractivity contribution is 5.81. The van der Waals surface area contributed by atoms with Gasteiger partial charge in [0.25, 0.3) is 0 Å². The van der Waals surface area contributed by atoms with Gasteiger partial charge in [0.05, 0.1) is 0 Å². The van der Waals surface area contributed by atoms with E-state index in [4.69, 9.17) is 0 Å². The van der Waals surface area contributed by atoms with Crippen molar-refractivity contribution in [1.82, 2.24) is 0 Å². The van der Waals surface area contributed by atoms with Crippen LogP contribution in [0.5, 0.6) is 0 Å². The molecule has 0 aromatic heterocycles. The quantitative estimate of drug-likeness (QED) is 0.725. The lowest BCUT2D eigenvalue weighted by Crippen LogP contribution is -2.07. The van der Waals surface area contributed by atoms with Crippen molar-refractivity contribution < 1.29 is 14.3 Å². The first-order valence-corrected chi connectivity index (χ1v) is 3.55. The van der Waals surface area contributed by atoms with E-state index >= 15 is 0 Å². The normalized spacial score (nSPS) is 12.6. The van der Waals surface area contributed by atoms with E-state index in [1.165, 1.54) is 31.2 Å². The maximum atomic E-state index is 12.4. The minimum absolute atomic E-state index is 0.346. The summed E-state index contributed by atoms with van der Waals surface area (Å²) in [6.07, 6.45) is -1.13. The van der Waals surface area contributed by atoms with E-state index in [0.717, 1.165) is 0 Å². The predicted molar refractivity (Wildman–Crippen MR) is 42.0 cm³/mol. The third-order valence-corrected chi connectivity index (χ3v) is 1.57. The third-order valence-electron chi connectivity index (χ3n) is 1.57. The number of carbonyl (C=O) groups is 1. The van der Waals surface area contributed by atoms with Crippen molar-refractivity contribution >= 4 is 5.78 Å². The fourth-order valence-electron chi connectivity index (χ4n) is 0.880. The van der Waals surface area contributed by atoms with Gasteiger partial charge in [-0.05, 0) is 24.6 Å². The Hall–Kier alpha value is -1.22. The van der Waals surface area contributed by atoms with Gasteiger partial charge in [0, 0.05) is 0 Å². The van der Waals surface area contributed by atoms with Crippen molar-refractivity contribution in [2.45, 2.75) is 13.0 Å². The molecule has 0 radical (unpaired) electrons. The summed E-state index contributed by atoms with van der Waals surface area (Å²) >= 11 is 0. The van der Waals surface area contributed by atoms with Crippen molar-refractivity contribution in [3.8, 4) is 0 Å². The fourth-order valence-corrected chi connectivity index (χ4v) is 0.880. The number of hydrogen-bond donors (Lipinski definition) is 1. The summed E-state index contributed by atoms with van der Waals surface area (Å²) in [5.74, 6) is -0.726. The average molecular weight is 168 g/mol. The van der Waals surface area contributed by atoms with Gasteiger partial charge in [-0.2, -0.15) is 0 Å². The fraction of sp³-hybridized carbons (Fsp3) is 0.222. The Labute approximate surface area is 69.6 Å². The van der Waals surface area contributed by atoms with Crippen molar-refractivity contribution in [3.63, 3.8) is 0 Å². The van der Waals surface area contributed by atoms with Crippen molar-refractivity contribution in [2.24, 2.45) is 0 Å². The van der Waals surface area contributed by atoms with Crippen LogP contribution >= 0.6 is 0 Å². The Kier molecular flexibility index (Phi) is 2.55. The number of aliphatic hydroxyl groups is 1. The summed E-state index contributed by atoms with van der Waals surface area (Å²) in [6.45, 7) is 1.29. The lowest BCUT2D eigenvalue weighted by Gasteiger charge is -2.05. The largest absolute Gasteiger partial charge is 0.381 e. The molecule has 64 valence electrons. The first-order valence-electron chi connectivity index (χ1n) is 3.55. The van der Waals surface area contributed by atoms with E-state index in [9.17, 15) is 14.3 Å². The summed E-state index contributed by atoms with van der Waals surface area (Å²) in [6, 6.07) is 5.20. The summed E-state index contributed by atoms with van der Waals surface area (Å²) in [5.41, 5.74) is 0.420. The number of benzene rings is 1. The number of halogens is 1. The van der Waals surface area contributed by atoms with Gasteiger partial charge in [-0.1, -0.05) is 12.1 Å². The van der Waals surface area contributed by atoms with Crippen LogP contribution in [-0.2, 0) is 4.79 Å². The molecule has 0 bridgehead atoms. The maximum absolute atomic E-state index is 12.4. The molecule has 1 rings (SSSR count). The number of ketones is 1. The molecule has 0 amide bonds. The van der Waals surface area contributed by atoms with Gasteiger partial charge in [-0.25, -0.2) is 4.39 Å². The summed E-state index contributed by atoms with van der Waals surface area (Å²) < 4.78 is 12.4. The zero-order chi connectivity index (χ0) is 9.14. The van der Waals surface area contributed by atoms with Crippen LogP contribution in [0.1, 0.15) is 18.6 Å². The molecule has 0 aliphatic carbocycles. The maximum Gasteiger partial charge on any atom is 0.162 e. The van der Waals surface area contributed by atoms with E-state index in [1.54, 1.807) is 0 Å². The first kappa shape index (κ1) is 8.87. The lowest BCUT2D eigenvalue weighted by molar-refractivity contribution is -0.125. The molecule has 0 spiro atoms. The number of rotatable bonds is 2. The van der Waals surface area contributed by atoms with Crippen LogP contribution in [0.4, 0.5) is 4.39 Å². The molecule has 2 nitrogen and oxygen atoms in total. The average Bonchev–Trinajstić information content (AvgIpc) is 2.04. The minimum atomic E-state index is -1.13. The van der Waals surface area contributed by atoms with Crippen LogP contribution < -0.4 is 0 Å². The summed E-state index contributed by atoms with van der Waals surface area (Å²) in [4.78, 5) is 10.7. The van der Waals surface area contributed by atoms with Crippen LogP contribution in [0.25, 0.3) is 0 Å². The second-order valence-corrected chi connectivity index (χ2v) is 2.56. The van der Waals surface area contributed by atoms with Crippen molar-refractivity contribution in [2.75, 3.05) is 0 Å². The molecule has 3 heteroatoms. The second-order valence-electron chi connectivity index (χ2n) is 2.56. The molecule has 0 saturated heterocycles. The van der Waals surface area contributed by atoms with Gasteiger partial charge < -0.3 is 5.11 Å².